The standard InChI is InChI=1S/C23H26N4O5S/c1-17-6-10-20(11-7-17)32-21-12-8-18(9-13-21)27(33(3,30)31)16-22(23(28)25-29)26(2)19-5-4-14-24-15-19/h4-15,22,29H,16H2,1-3H3,(H,25,28)/t22-/m0/s1. The summed E-state index contributed by atoms with van der Waals surface area (Å²) in [6, 6.07) is 16.5. The number of anilines is 2. The Balaban J connectivity index is 1.86. The van der Waals surface area contributed by atoms with E-state index in [2.05, 4.69) is 4.98 Å². The fourth-order valence-corrected chi connectivity index (χ4v) is 4.13. The zero-order valence-electron chi connectivity index (χ0n) is 18.5. The molecule has 0 unspecified atom stereocenters. The first kappa shape index (κ1) is 24.0. The van der Waals surface area contributed by atoms with E-state index >= 15 is 0 Å². The van der Waals surface area contributed by atoms with Crippen LogP contribution in [0.15, 0.2) is 73.1 Å². The summed E-state index contributed by atoms with van der Waals surface area (Å²) in [7, 11) is -2.14. The van der Waals surface area contributed by atoms with Crippen molar-refractivity contribution in [1.82, 2.24) is 10.5 Å². The van der Waals surface area contributed by atoms with Crippen molar-refractivity contribution in [2.75, 3.05) is 29.1 Å². The highest BCUT2D eigenvalue weighted by atomic mass is 32.2. The van der Waals surface area contributed by atoms with Crippen LogP contribution < -0.4 is 19.4 Å². The average Bonchev–Trinajstić information content (AvgIpc) is 2.81. The van der Waals surface area contributed by atoms with Crippen LogP contribution in [0.3, 0.4) is 0 Å². The molecule has 0 spiro atoms. The summed E-state index contributed by atoms with van der Waals surface area (Å²) < 4.78 is 32.1. The zero-order chi connectivity index (χ0) is 24.0. The van der Waals surface area contributed by atoms with E-state index in [1.807, 2.05) is 31.2 Å². The van der Waals surface area contributed by atoms with Crippen LogP contribution in [0.2, 0.25) is 0 Å². The maximum Gasteiger partial charge on any atom is 0.267 e. The molecular formula is C23H26N4O5S. The number of aromatic nitrogens is 1. The van der Waals surface area contributed by atoms with Crippen LogP contribution >= 0.6 is 0 Å². The third-order valence-corrected chi connectivity index (χ3v) is 6.21. The van der Waals surface area contributed by atoms with Gasteiger partial charge in [-0.1, -0.05) is 17.7 Å². The van der Waals surface area contributed by atoms with Gasteiger partial charge in [0, 0.05) is 13.2 Å². The van der Waals surface area contributed by atoms with Gasteiger partial charge in [-0.3, -0.25) is 19.3 Å². The van der Waals surface area contributed by atoms with E-state index in [1.54, 1.807) is 66.2 Å². The molecule has 1 heterocycles. The van der Waals surface area contributed by atoms with E-state index in [1.165, 1.54) is 0 Å². The number of pyridine rings is 1. The highest BCUT2D eigenvalue weighted by Gasteiger charge is 2.30. The quantitative estimate of drug-likeness (QED) is 0.365. The van der Waals surface area contributed by atoms with Gasteiger partial charge in [-0.15, -0.1) is 0 Å². The predicted octanol–water partition coefficient (Wildman–Crippen LogP) is 2.96. The molecule has 0 aliphatic heterocycles. The van der Waals surface area contributed by atoms with Gasteiger partial charge in [-0.25, -0.2) is 13.9 Å². The number of benzene rings is 2. The Kier molecular flexibility index (Phi) is 7.52. The van der Waals surface area contributed by atoms with Crippen LogP contribution in [0.1, 0.15) is 5.56 Å². The fourth-order valence-electron chi connectivity index (χ4n) is 3.21. The molecule has 0 saturated carbocycles. The normalized spacial score (nSPS) is 12.0. The molecular weight excluding hydrogens is 444 g/mol. The summed E-state index contributed by atoms with van der Waals surface area (Å²) in [4.78, 5) is 18.0. The molecule has 2 N–H and O–H groups in total. The summed E-state index contributed by atoms with van der Waals surface area (Å²) in [5.74, 6) is 0.439. The number of nitrogens with zero attached hydrogens (tertiary/aromatic N) is 3. The smallest absolute Gasteiger partial charge is 0.267 e. The zero-order valence-corrected chi connectivity index (χ0v) is 19.4. The lowest BCUT2D eigenvalue weighted by atomic mass is 10.2. The molecule has 1 amide bonds. The SMILES string of the molecule is Cc1ccc(Oc2ccc(N(C[C@@H](C(=O)NO)N(C)c3cccnc3)S(C)(=O)=O)cc2)cc1. The first-order valence-electron chi connectivity index (χ1n) is 10.1. The third kappa shape index (κ3) is 6.21. The molecule has 3 rings (SSSR count). The second kappa shape index (κ2) is 10.3. The Hall–Kier alpha value is -3.63. The molecule has 1 atom stereocenters. The molecule has 9 nitrogen and oxygen atoms in total. The minimum Gasteiger partial charge on any atom is -0.457 e. The number of likely N-dealkylation sites (N-methyl/N-ethyl adjacent to an activating group) is 1. The summed E-state index contributed by atoms with van der Waals surface area (Å²) >= 11 is 0. The summed E-state index contributed by atoms with van der Waals surface area (Å²) in [6.45, 7) is 1.74. The van der Waals surface area contributed by atoms with Crippen LogP contribution in [0, 0.1) is 6.92 Å². The number of hydrogen-bond acceptors (Lipinski definition) is 7. The van der Waals surface area contributed by atoms with Gasteiger partial charge in [0.25, 0.3) is 5.91 Å². The molecule has 3 aromatic rings. The minimum absolute atomic E-state index is 0.241. The average molecular weight is 471 g/mol. The Morgan fingerprint density at radius 1 is 1.06 bits per heavy atom. The first-order valence-corrected chi connectivity index (χ1v) is 11.9. The van der Waals surface area contributed by atoms with Gasteiger partial charge >= 0.3 is 0 Å². The number of amides is 1. The number of rotatable bonds is 9. The Morgan fingerprint density at radius 2 is 1.67 bits per heavy atom. The van der Waals surface area contributed by atoms with Crippen molar-refractivity contribution in [2.24, 2.45) is 0 Å². The van der Waals surface area contributed by atoms with Gasteiger partial charge in [0.15, 0.2) is 0 Å². The van der Waals surface area contributed by atoms with Crippen molar-refractivity contribution in [3.63, 3.8) is 0 Å². The van der Waals surface area contributed by atoms with Crippen LogP contribution in [0.25, 0.3) is 0 Å². The van der Waals surface area contributed by atoms with Crippen molar-refractivity contribution in [1.29, 1.82) is 0 Å². The monoisotopic (exact) mass is 470 g/mol. The third-order valence-electron chi connectivity index (χ3n) is 5.05. The van der Waals surface area contributed by atoms with E-state index in [-0.39, 0.29) is 6.54 Å². The van der Waals surface area contributed by atoms with Gasteiger partial charge in [0.05, 0.1) is 30.4 Å². The lowest BCUT2D eigenvalue weighted by molar-refractivity contribution is -0.130. The molecule has 0 fully saturated rings. The Morgan fingerprint density at radius 3 is 2.18 bits per heavy atom. The molecule has 0 bridgehead atoms. The van der Waals surface area contributed by atoms with E-state index in [0.29, 0.717) is 22.9 Å². The number of carbonyl (C=O) groups excluding carboxylic acids is 1. The van der Waals surface area contributed by atoms with Crippen LogP contribution in [-0.4, -0.2) is 50.4 Å². The summed E-state index contributed by atoms with van der Waals surface area (Å²) in [5, 5.41) is 9.25. The molecule has 0 aliphatic carbocycles. The van der Waals surface area contributed by atoms with Gasteiger partial charge in [0.1, 0.15) is 17.5 Å². The van der Waals surface area contributed by atoms with E-state index in [9.17, 15) is 18.4 Å². The van der Waals surface area contributed by atoms with Crippen molar-refractivity contribution in [3.8, 4) is 11.5 Å². The lowest BCUT2D eigenvalue weighted by Crippen LogP contribution is -2.52. The van der Waals surface area contributed by atoms with Crippen molar-refractivity contribution in [3.05, 3.63) is 78.6 Å². The van der Waals surface area contributed by atoms with E-state index in [0.717, 1.165) is 16.1 Å². The van der Waals surface area contributed by atoms with Crippen LogP contribution in [-0.2, 0) is 14.8 Å². The largest absolute Gasteiger partial charge is 0.457 e. The maximum absolute atomic E-state index is 12.6. The van der Waals surface area contributed by atoms with Gasteiger partial charge < -0.3 is 9.64 Å². The topological polar surface area (TPSA) is 112 Å². The fraction of sp³-hybridized carbons (Fsp3) is 0.217. The number of ether oxygens (including phenoxy) is 1. The number of hydrogen-bond donors (Lipinski definition) is 2. The Bertz CT molecular complexity index is 1170. The van der Waals surface area contributed by atoms with Crippen molar-refractivity contribution in [2.45, 2.75) is 13.0 Å². The maximum atomic E-state index is 12.6. The molecule has 1 aromatic heterocycles. The van der Waals surface area contributed by atoms with E-state index < -0.39 is 22.0 Å². The molecule has 0 aliphatic rings. The highest BCUT2D eigenvalue weighted by molar-refractivity contribution is 7.92. The molecule has 10 heteroatoms. The highest BCUT2D eigenvalue weighted by Crippen LogP contribution is 2.27. The summed E-state index contributed by atoms with van der Waals surface area (Å²) in [6.07, 6.45) is 4.18. The second-order valence-corrected chi connectivity index (χ2v) is 9.42. The number of nitrogens with one attached hydrogen (secondary N) is 1. The first-order chi connectivity index (χ1) is 15.7. The van der Waals surface area contributed by atoms with Gasteiger partial charge in [-0.2, -0.15) is 0 Å². The van der Waals surface area contributed by atoms with Gasteiger partial charge in [0.2, 0.25) is 10.0 Å². The predicted molar refractivity (Wildman–Crippen MR) is 126 cm³/mol. The van der Waals surface area contributed by atoms with Crippen LogP contribution in [0.4, 0.5) is 11.4 Å². The lowest BCUT2D eigenvalue weighted by Gasteiger charge is -2.33. The van der Waals surface area contributed by atoms with Gasteiger partial charge in [-0.05, 0) is 55.5 Å². The molecule has 174 valence electrons. The molecule has 2 aromatic carbocycles. The van der Waals surface area contributed by atoms with Crippen molar-refractivity contribution >= 4 is 27.3 Å². The second-order valence-electron chi connectivity index (χ2n) is 7.52. The van der Waals surface area contributed by atoms with Crippen molar-refractivity contribution < 1.29 is 23.2 Å². The van der Waals surface area contributed by atoms with Crippen LogP contribution in [0.5, 0.6) is 11.5 Å². The molecule has 0 radical (unpaired) electrons. The number of sulfonamides is 1. The molecule has 0 saturated heterocycles. The van der Waals surface area contributed by atoms with E-state index in [4.69, 9.17) is 4.74 Å². The Labute approximate surface area is 193 Å². The number of hydroxylamine groups is 1. The number of aryl methyl sites for hydroxylation is 1. The molecule has 33 heavy (non-hydrogen) atoms. The minimum atomic E-state index is -3.76. The number of carbonyl (C=O) groups is 1. The summed E-state index contributed by atoms with van der Waals surface area (Å²) in [5.41, 5.74) is 3.67.